The van der Waals surface area contributed by atoms with E-state index in [1.54, 1.807) is 0 Å². The minimum absolute atomic E-state index is 0.255. The van der Waals surface area contributed by atoms with Gasteiger partial charge < -0.3 is 15.8 Å². The highest BCUT2D eigenvalue weighted by Crippen LogP contribution is 2.28. The first-order chi connectivity index (χ1) is 7.04. The standard InChI is InChI=1S/C10H12ClFN2O/c1-6(11)5-14-9-4-10(15-2)8(13)3-7(9)12/h3-4,14H,1,5,13H2,2H3. The molecule has 0 aromatic heterocycles. The summed E-state index contributed by atoms with van der Waals surface area (Å²) in [5, 5.41) is 3.17. The van der Waals surface area contributed by atoms with Crippen molar-refractivity contribution >= 4 is 23.0 Å². The van der Waals surface area contributed by atoms with Crippen LogP contribution in [0.2, 0.25) is 0 Å². The number of nitrogens with two attached hydrogens (primary N) is 1. The van der Waals surface area contributed by atoms with Crippen LogP contribution in [-0.2, 0) is 0 Å². The Labute approximate surface area is 92.7 Å². The Kier molecular flexibility index (Phi) is 3.80. The van der Waals surface area contributed by atoms with Crippen molar-refractivity contribution in [3.05, 3.63) is 29.6 Å². The van der Waals surface area contributed by atoms with E-state index < -0.39 is 5.82 Å². The summed E-state index contributed by atoms with van der Waals surface area (Å²) < 4.78 is 18.3. The lowest BCUT2D eigenvalue weighted by atomic mass is 10.2. The fraction of sp³-hybridized carbons (Fsp3) is 0.200. The number of nitrogens with one attached hydrogen (secondary N) is 1. The third-order valence-electron chi connectivity index (χ3n) is 1.79. The van der Waals surface area contributed by atoms with E-state index in [2.05, 4.69) is 11.9 Å². The van der Waals surface area contributed by atoms with Gasteiger partial charge in [-0.25, -0.2) is 4.39 Å². The summed E-state index contributed by atoms with van der Waals surface area (Å²) in [5.41, 5.74) is 6.06. The summed E-state index contributed by atoms with van der Waals surface area (Å²) in [6.45, 7) is 3.77. The molecule has 0 saturated carbocycles. The predicted octanol–water partition coefficient (Wildman–Crippen LogP) is 2.58. The van der Waals surface area contributed by atoms with Crippen LogP contribution < -0.4 is 15.8 Å². The van der Waals surface area contributed by atoms with Crippen molar-refractivity contribution in [3.63, 3.8) is 0 Å². The SMILES string of the molecule is C=C(Cl)CNc1cc(OC)c(N)cc1F. The number of hydrogen-bond donors (Lipinski definition) is 2. The van der Waals surface area contributed by atoms with Gasteiger partial charge in [0.2, 0.25) is 0 Å². The van der Waals surface area contributed by atoms with Crippen LogP contribution in [0.3, 0.4) is 0 Å². The van der Waals surface area contributed by atoms with Crippen molar-refractivity contribution in [1.82, 2.24) is 0 Å². The molecule has 3 N–H and O–H groups in total. The maximum absolute atomic E-state index is 13.3. The van der Waals surface area contributed by atoms with Gasteiger partial charge >= 0.3 is 0 Å². The van der Waals surface area contributed by atoms with E-state index in [4.69, 9.17) is 22.1 Å². The molecule has 0 aliphatic heterocycles. The zero-order chi connectivity index (χ0) is 11.4. The van der Waals surface area contributed by atoms with Gasteiger partial charge in [-0.3, -0.25) is 0 Å². The minimum atomic E-state index is -0.453. The molecule has 15 heavy (non-hydrogen) atoms. The summed E-state index contributed by atoms with van der Waals surface area (Å²) in [6.07, 6.45) is 0. The van der Waals surface area contributed by atoms with E-state index in [-0.39, 0.29) is 17.9 Å². The highest BCUT2D eigenvalue weighted by atomic mass is 35.5. The molecule has 1 aromatic carbocycles. The monoisotopic (exact) mass is 230 g/mol. The lowest BCUT2D eigenvalue weighted by Gasteiger charge is -2.10. The molecule has 1 rings (SSSR count). The molecule has 0 amide bonds. The van der Waals surface area contributed by atoms with Crippen molar-refractivity contribution < 1.29 is 9.13 Å². The molecule has 0 radical (unpaired) electrons. The number of nitrogen functional groups attached to an aromatic ring is 1. The normalized spacial score (nSPS) is 9.80. The number of rotatable bonds is 4. The Morgan fingerprint density at radius 3 is 2.87 bits per heavy atom. The highest BCUT2D eigenvalue weighted by molar-refractivity contribution is 6.29. The smallest absolute Gasteiger partial charge is 0.148 e. The zero-order valence-corrected chi connectivity index (χ0v) is 9.07. The van der Waals surface area contributed by atoms with E-state index in [0.717, 1.165) is 0 Å². The second-order valence-electron chi connectivity index (χ2n) is 2.94. The number of hydrogen-bond acceptors (Lipinski definition) is 3. The maximum Gasteiger partial charge on any atom is 0.148 e. The molecular formula is C10H12ClFN2O. The molecule has 0 fully saturated rings. The van der Waals surface area contributed by atoms with Gasteiger partial charge in [0.1, 0.15) is 11.6 Å². The molecule has 0 bridgehead atoms. The van der Waals surface area contributed by atoms with E-state index in [1.807, 2.05) is 0 Å². The predicted molar refractivity (Wildman–Crippen MR) is 60.8 cm³/mol. The largest absolute Gasteiger partial charge is 0.495 e. The average molecular weight is 231 g/mol. The van der Waals surface area contributed by atoms with E-state index in [9.17, 15) is 4.39 Å². The molecular weight excluding hydrogens is 219 g/mol. The summed E-state index contributed by atoms with van der Waals surface area (Å²) in [6, 6.07) is 2.67. The topological polar surface area (TPSA) is 47.3 Å². The van der Waals surface area contributed by atoms with E-state index in [1.165, 1.54) is 19.2 Å². The van der Waals surface area contributed by atoms with Crippen LogP contribution in [0, 0.1) is 5.82 Å². The number of methoxy groups -OCH3 is 1. The Hall–Kier alpha value is -1.42. The molecule has 82 valence electrons. The number of benzene rings is 1. The Balaban J connectivity index is 2.92. The van der Waals surface area contributed by atoms with Crippen LogP contribution in [0.1, 0.15) is 0 Å². The van der Waals surface area contributed by atoms with Gasteiger partial charge in [0, 0.05) is 17.2 Å². The van der Waals surface area contributed by atoms with Gasteiger partial charge in [-0.2, -0.15) is 0 Å². The van der Waals surface area contributed by atoms with Gasteiger partial charge in [0.05, 0.1) is 25.0 Å². The molecule has 0 atom stereocenters. The molecule has 0 spiro atoms. The summed E-state index contributed by atoms with van der Waals surface area (Å²) in [4.78, 5) is 0. The number of anilines is 2. The molecule has 0 aliphatic carbocycles. The molecule has 0 saturated heterocycles. The fourth-order valence-corrected chi connectivity index (χ4v) is 1.14. The van der Waals surface area contributed by atoms with Crippen LogP contribution in [-0.4, -0.2) is 13.7 Å². The molecule has 0 unspecified atom stereocenters. The second-order valence-corrected chi connectivity index (χ2v) is 3.48. The first-order valence-corrected chi connectivity index (χ1v) is 4.62. The summed E-state index contributed by atoms with van der Waals surface area (Å²) in [5.74, 6) is -0.0368. The first-order valence-electron chi connectivity index (χ1n) is 4.24. The van der Waals surface area contributed by atoms with Gasteiger partial charge in [0.25, 0.3) is 0 Å². The van der Waals surface area contributed by atoms with Gasteiger partial charge in [-0.1, -0.05) is 18.2 Å². The highest BCUT2D eigenvalue weighted by Gasteiger charge is 2.07. The summed E-state index contributed by atoms with van der Waals surface area (Å²) in [7, 11) is 1.47. The minimum Gasteiger partial charge on any atom is -0.495 e. The fourth-order valence-electron chi connectivity index (χ4n) is 1.07. The van der Waals surface area contributed by atoms with Crippen LogP contribution in [0.5, 0.6) is 5.75 Å². The van der Waals surface area contributed by atoms with Crippen LogP contribution >= 0.6 is 11.6 Å². The zero-order valence-electron chi connectivity index (χ0n) is 8.31. The quantitative estimate of drug-likeness (QED) is 0.782. The van der Waals surface area contributed by atoms with Gasteiger partial charge in [-0.05, 0) is 0 Å². The van der Waals surface area contributed by atoms with E-state index >= 15 is 0 Å². The van der Waals surface area contributed by atoms with Gasteiger partial charge in [-0.15, -0.1) is 0 Å². The molecule has 1 aromatic rings. The van der Waals surface area contributed by atoms with Crippen molar-refractivity contribution in [2.75, 3.05) is 24.7 Å². The third-order valence-corrected chi connectivity index (χ3v) is 1.92. The van der Waals surface area contributed by atoms with Crippen LogP contribution in [0.4, 0.5) is 15.8 Å². The van der Waals surface area contributed by atoms with Crippen molar-refractivity contribution in [3.8, 4) is 5.75 Å². The lowest BCUT2D eigenvalue weighted by molar-refractivity contribution is 0.416. The second kappa shape index (κ2) is 4.89. The average Bonchev–Trinajstić information content (AvgIpc) is 2.16. The first kappa shape index (κ1) is 11.7. The summed E-state index contributed by atoms with van der Waals surface area (Å²) >= 11 is 5.55. The molecule has 0 heterocycles. The maximum atomic E-state index is 13.3. The Bertz CT molecular complexity index is 382. The number of halogens is 2. The third kappa shape index (κ3) is 3.02. The van der Waals surface area contributed by atoms with Crippen molar-refractivity contribution in [2.24, 2.45) is 0 Å². The molecule has 3 nitrogen and oxygen atoms in total. The van der Waals surface area contributed by atoms with Crippen molar-refractivity contribution in [1.29, 1.82) is 0 Å². The van der Waals surface area contributed by atoms with Crippen LogP contribution in [0.25, 0.3) is 0 Å². The molecule has 0 aliphatic rings. The van der Waals surface area contributed by atoms with E-state index in [0.29, 0.717) is 10.8 Å². The lowest BCUT2D eigenvalue weighted by Crippen LogP contribution is -2.04. The Morgan fingerprint density at radius 2 is 2.33 bits per heavy atom. The van der Waals surface area contributed by atoms with Crippen molar-refractivity contribution in [2.45, 2.75) is 0 Å². The Morgan fingerprint density at radius 1 is 1.67 bits per heavy atom. The number of ether oxygens (including phenoxy) is 1. The van der Waals surface area contributed by atoms with Gasteiger partial charge in [0.15, 0.2) is 0 Å². The molecule has 5 heteroatoms. The van der Waals surface area contributed by atoms with Crippen LogP contribution in [0.15, 0.2) is 23.7 Å².